The van der Waals surface area contributed by atoms with E-state index in [1.807, 2.05) is 25.2 Å². The first-order valence-corrected chi connectivity index (χ1v) is 8.18. The van der Waals surface area contributed by atoms with Crippen LogP contribution in [0.1, 0.15) is 44.6 Å². The number of hydrogen-bond donors (Lipinski definition) is 1. The monoisotopic (exact) mass is 288 g/mol. The molecular weight excluding hydrogens is 260 g/mol. The molecule has 21 heavy (non-hydrogen) atoms. The standard InChI is InChI=1S/C18H28N2O/c1-4-14(2)17(15-9-6-5-7-10-15)18(21)20-12-8-11-16(13-20)19-3/h5-7,9-10,14,16-17,19H,4,8,11-13H2,1-3H3. The van der Waals surface area contributed by atoms with Crippen LogP contribution in [0.5, 0.6) is 0 Å². The number of likely N-dealkylation sites (N-methyl/N-ethyl adjacent to an activating group) is 1. The van der Waals surface area contributed by atoms with Crippen LogP contribution in [0, 0.1) is 5.92 Å². The maximum absolute atomic E-state index is 13.1. The SMILES string of the molecule is CCC(C)C(C(=O)N1CCCC(NC)C1)c1ccccc1. The van der Waals surface area contributed by atoms with E-state index in [9.17, 15) is 4.79 Å². The minimum atomic E-state index is -0.00759. The molecule has 1 aliphatic rings. The van der Waals surface area contributed by atoms with E-state index in [-0.39, 0.29) is 5.92 Å². The van der Waals surface area contributed by atoms with Crippen LogP contribution in [-0.4, -0.2) is 37.0 Å². The van der Waals surface area contributed by atoms with Gasteiger partial charge in [0.15, 0.2) is 0 Å². The molecule has 1 aliphatic heterocycles. The average molecular weight is 288 g/mol. The minimum Gasteiger partial charge on any atom is -0.341 e. The van der Waals surface area contributed by atoms with Crippen molar-refractivity contribution in [2.75, 3.05) is 20.1 Å². The summed E-state index contributed by atoms with van der Waals surface area (Å²) < 4.78 is 0. The fourth-order valence-corrected chi connectivity index (χ4v) is 3.22. The molecule has 0 aliphatic carbocycles. The Labute approximate surface area is 128 Å². The van der Waals surface area contributed by atoms with E-state index in [0.717, 1.165) is 31.5 Å². The molecule has 1 fully saturated rings. The lowest BCUT2D eigenvalue weighted by Crippen LogP contribution is -2.49. The fourth-order valence-electron chi connectivity index (χ4n) is 3.22. The summed E-state index contributed by atoms with van der Waals surface area (Å²) in [4.78, 5) is 15.1. The highest BCUT2D eigenvalue weighted by Crippen LogP contribution is 2.30. The molecule has 3 unspecified atom stereocenters. The predicted molar refractivity (Wildman–Crippen MR) is 87.3 cm³/mol. The minimum absolute atomic E-state index is 0.00759. The first kappa shape index (κ1) is 16.0. The van der Waals surface area contributed by atoms with Crippen LogP contribution in [-0.2, 0) is 4.79 Å². The summed E-state index contributed by atoms with van der Waals surface area (Å²) in [7, 11) is 1.99. The van der Waals surface area contributed by atoms with Crippen LogP contribution >= 0.6 is 0 Å². The van der Waals surface area contributed by atoms with Crippen molar-refractivity contribution in [3.63, 3.8) is 0 Å². The molecule has 1 heterocycles. The summed E-state index contributed by atoms with van der Waals surface area (Å²) in [5.41, 5.74) is 1.16. The van der Waals surface area contributed by atoms with Crippen LogP contribution in [0.25, 0.3) is 0 Å². The normalized spacial score (nSPS) is 21.9. The van der Waals surface area contributed by atoms with Gasteiger partial charge in [-0.15, -0.1) is 0 Å². The van der Waals surface area contributed by atoms with Crippen LogP contribution in [0.2, 0.25) is 0 Å². The van der Waals surface area contributed by atoms with Crippen LogP contribution in [0.3, 0.4) is 0 Å². The van der Waals surface area contributed by atoms with Crippen molar-refractivity contribution in [3.05, 3.63) is 35.9 Å². The molecule has 1 aromatic rings. The van der Waals surface area contributed by atoms with Crippen LogP contribution in [0.4, 0.5) is 0 Å². The van der Waals surface area contributed by atoms with E-state index in [1.165, 1.54) is 6.42 Å². The Morgan fingerprint density at radius 2 is 2.10 bits per heavy atom. The quantitative estimate of drug-likeness (QED) is 0.903. The van der Waals surface area contributed by atoms with Crippen molar-refractivity contribution in [1.29, 1.82) is 0 Å². The van der Waals surface area contributed by atoms with Gasteiger partial charge in [0.05, 0.1) is 5.92 Å². The van der Waals surface area contributed by atoms with Gasteiger partial charge in [-0.2, -0.15) is 0 Å². The van der Waals surface area contributed by atoms with Gasteiger partial charge in [0.1, 0.15) is 0 Å². The molecule has 0 bridgehead atoms. The molecule has 3 heteroatoms. The number of nitrogens with zero attached hydrogens (tertiary/aromatic N) is 1. The number of piperidine rings is 1. The molecule has 116 valence electrons. The summed E-state index contributed by atoms with van der Waals surface area (Å²) in [6.07, 6.45) is 3.29. The van der Waals surface area contributed by atoms with Gasteiger partial charge in [0, 0.05) is 19.1 Å². The number of hydrogen-bond acceptors (Lipinski definition) is 2. The number of benzene rings is 1. The third kappa shape index (κ3) is 3.85. The molecule has 1 amide bonds. The largest absolute Gasteiger partial charge is 0.341 e. The van der Waals surface area contributed by atoms with E-state index in [0.29, 0.717) is 17.9 Å². The first-order chi connectivity index (χ1) is 10.2. The van der Waals surface area contributed by atoms with Crippen molar-refractivity contribution in [2.24, 2.45) is 5.92 Å². The maximum Gasteiger partial charge on any atom is 0.230 e. The Morgan fingerprint density at radius 3 is 2.71 bits per heavy atom. The van der Waals surface area contributed by atoms with Crippen molar-refractivity contribution in [1.82, 2.24) is 10.2 Å². The van der Waals surface area contributed by atoms with Crippen molar-refractivity contribution >= 4 is 5.91 Å². The van der Waals surface area contributed by atoms with Gasteiger partial charge in [0.2, 0.25) is 5.91 Å². The molecule has 3 atom stereocenters. The molecule has 1 aromatic carbocycles. The van der Waals surface area contributed by atoms with Gasteiger partial charge < -0.3 is 10.2 Å². The highest BCUT2D eigenvalue weighted by atomic mass is 16.2. The van der Waals surface area contributed by atoms with Gasteiger partial charge >= 0.3 is 0 Å². The number of rotatable bonds is 5. The number of carbonyl (C=O) groups excluding carboxylic acids is 1. The van der Waals surface area contributed by atoms with E-state index in [2.05, 4.69) is 36.2 Å². The second-order valence-corrected chi connectivity index (χ2v) is 6.19. The molecule has 2 rings (SSSR count). The van der Waals surface area contributed by atoms with Gasteiger partial charge in [-0.25, -0.2) is 0 Å². The topological polar surface area (TPSA) is 32.3 Å². The van der Waals surface area contributed by atoms with Crippen molar-refractivity contribution in [2.45, 2.75) is 45.1 Å². The van der Waals surface area contributed by atoms with Gasteiger partial charge in [0.25, 0.3) is 0 Å². The number of amides is 1. The molecule has 1 N–H and O–H groups in total. The Balaban J connectivity index is 2.18. The second kappa shape index (κ2) is 7.60. The Bertz CT molecular complexity index is 446. The van der Waals surface area contributed by atoms with Gasteiger partial charge in [-0.1, -0.05) is 50.6 Å². The molecular formula is C18H28N2O. The summed E-state index contributed by atoms with van der Waals surface area (Å²) >= 11 is 0. The zero-order valence-corrected chi connectivity index (χ0v) is 13.5. The third-order valence-electron chi connectivity index (χ3n) is 4.78. The lowest BCUT2D eigenvalue weighted by molar-refractivity contribution is -0.135. The van der Waals surface area contributed by atoms with E-state index in [1.54, 1.807) is 0 Å². The van der Waals surface area contributed by atoms with Gasteiger partial charge in [-0.05, 0) is 31.4 Å². The smallest absolute Gasteiger partial charge is 0.230 e. The zero-order chi connectivity index (χ0) is 15.2. The molecule has 3 nitrogen and oxygen atoms in total. The predicted octanol–water partition coefficient (Wildman–Crippen LogP) is 3.03. The van der Waals surface area contributed by atoms with E-state index >= 15 is 0 Å². The molecule has 0 aromatic heterocycles. The molecule has 0 saturated carbocycles. The summed E-state index contributed by atoms with van der Waals surface area (Å²) in [6.45, 7) is 6.10. The Kier molecular flexibility index (Phi) is 5.80. The zero-order valence-electron chi connectivity index (χ0n) is 13.5. The maximum atomic E-state index is 13.1. The lowest BCUT2D eigenvalue weighted by atomic mass is 9.84. The Hall–Kier alpha value is -1.35. The average Bonchev–Trinajstić information content (AvgIpc) is 2.55. The van der Waals surface area contributed by atoms with Gasteiger partial charge in [-0.3, -0.25) is 4.79 Å². The van der Waals surface area contributed by atoms with E-state index < -0.39 is 0 Å². The third-order valence-corrected chi connectivity index (χ3v) is 4.78. The van der Waals surface area contributed by atoms with Crippen molar-refractivity contribution < 1.29 is 4.79 Å². The van der Waals surface area contributed by atoms with E-state index in [4.69, 9.17) is 0 Å². The molecule has 0 radical (unpaired) electrons. The van der Waals surface area contributed by atoms with Crippen LogP contribution < -0.4 is 5.32 Å². The number of carbonyl (C=O) groups is 1. The summed E-state index contributed by atoms with van der Waals surface area (Å²) in [5, 5.41) is 3.32. The van der Waals surface area contributed by atoms with Crippen LogP contribution in [0.15, 0.2) is 30.3 Å². The van der Waals surface area contributed by atoms with Crippen molar-refractivity contribution in [3.8, 4) is 0 Å². The highest BCUT2D eigenvalue weighted by Gasteiger charge is 2.32. The first-order valence-electron chi connectivity index (χ1n) is 8.18. The number of likely N-dealkylation sites (tertiary alicyclic amines) is 1. The second-order valence-electron chi connectivity index (χ2n) is 6.19. The number of nitrogens with one attached hydrogen (secondary N) is 1. The molecule has 0 spiro atoms. The lowest BCUT2D eigenvalue weighted by Gasteiger charge is -2.36. The highest BCUT2D eigenvalue weighted by molar-refractivity contribution is 5.84. The summed E-state index contributed by atoms with van der Waals surface area (Å²) in [6, 6.07) is 10.7. The Morgan fingerprint density at radius 1 is 1.38 bits per heavy atom. The fraction of sp³-hybridized carbons (Fsp3) is 0.611. The summed E-state index contributed by atoms with van der Waals surface area (Å²) in [5.74, 6) is 0.664. The molecule has 1 saturated heterocycles.